The van der Waals surface area contributed by atoms with Crippen LogP contribution >= 0.6 is 12.9 Å². The summed E-state index contributed by atoms with van der Waals surface area (Å²) in [4.78, 5) is 10.6. The minimum absolute atomic E-state index is 0.492. The van der Waals surface area contributed by atoms with Gasteiger partial charge in [-0.15, -0.1) is 0 Å². The summed E-state index contributed by atoms with van der Waals surface area (Å²) in [5, 5.41) is 8.72. The van der Waals surface area contributed by atoms with Crippen molar-refractivity contribution >= 4 is 18.9 Å². The van der Waals surface area contributed by atoms with E-state index in [9.17, 15) is 4.79 Å². The van der Waals surface area contributed by atoms with Gasteiger partial charge in [0.1, 0.15) is 5.75 Å². The van der Waals surface area contributed by atoms with Crippen LogP contribution in [0.1, 0.15) is 18.4 Å². The highest BCUT2D eigenvalue weighted by molar-refractivity contribution is 7.75. The monoisotopic (exact) mass is 198 g/mol. The molecule has 1 unspecified atom stereocenters. The topological polar surface area (TPSA) is 46.5 Å². The number of hydrogen-bond donors (Lipinski definition) is 2. The van der Waals surface area contributed by atoms with Crippen molar-refractivity contribution in [2.24, 2.45) is 0 Å². The van der Waals surface area contributed by atoms with Crippen LogP contribution in [0, 0.1) is 0 Å². The number of carbonyl (C=O) groups is 1. The van der Waals surface area contributed by atoms with Crippen molar-refractivity contribution < 1.29 is 14.1 Å². The molecule has 0 aromatic heterocycles. The van der Waals surface area contributed by atoms with Crippen molar-refractivity contribution in [2.45, 2.75) is 12.8 Å². The highest BCUT2D eigenvalue weighted by Gasteiger charge is 2.12. The molecule has 0 aliphatic carbocycles. The molecule has 0 spiro atoms. The van der Waals surface area contributed by atoms with Crippen LogP contribution in [-0.2, 0) is 4.79 Å². The Balaban J connectivity index is 2.85. The number of carboxylic acid groups (broad SMARTS) is 1. The lowest BCUT2D eigenvalue weighted by atomic mass is 10.0. The third-order valence-electron chi connectivity index (χ3n) is 1.86. The van der Waals surface area contributed by atoms with Gasteiger partial charge in [-0.05, 0) is 24.6 Å². The smallest absolute Gasteiger partial charge is 0.310 e. The molecule has 1 atom stereocenters. The van der Waals surface area contributed by atoms with Gasteiger partial charge >= 0.3 is 5.97 Å². The molecular weight excluding hydrogens is 188 g/mol. The zero-order valence-electron chi connectivity index (χ0n) is 7.10. The van der Waals surface area contributed by atoms with Crippen LogP contribution in [0.25, 0.3) is 0 Å². The van der Waals surface area contributed by atoms with E-state index < -0.39 is 11.9 Å². The van der Waals surface area contributed by atoms with Crippen LogP contribution in [-0.4, -0.2) is 11.1 Å². The second-order valence-corrected chi connectivity index (χ2v) is 2.90. The van der Waals surface area contributed by atoms with Gasteiger partial charge in [0.25, 0.3) is 0 Å². The van der Waals surface area contributed by atoms with Crippen LogP contribution in [0.2, 0.25) is 0 Å². The molecule has 4 heteroatoms. The van der Waals surface area contributed by atoms with Crippen LogP contribution in [0.3, 0.4) is 0 Å². The van der Waals surface area contributed by atoms with E-state index in [1.165, 1.54) is 0 Å². The van der Waals surface area contributed by atoms with Gasteiger partial charge < -0.3 is 9.29 Å². The molecule has 0 amide bonds. The standard InChI is InChI=1S/C9H10O3S/c1-6(9(10)11)7-2-4-8(12-13)5-3-7/h2-6,13H,1H3,(H,10,11). The Morgan fingerprint density at radius 3 is 2.38 bits per heavy atom. The third kappa shape index (κ3) is 2.39. The van der Waals surface area contributed by atoms with Crippen LogP contribution in [0.15, 0.2) is 24.3 Å². The Bertz CT molecular complexity index is 294. The largest absolute Gasteiger partial charge is 0.481 e. The summed E-state index contributed by atoms with van der Waals surface area (Å²) < 4.78 is 4.66. The van der Waals surface area contributed by atoms with Crippen LogP contribution in [0.4, 0.5) is 0 Å². The molecule has 70 valence electrons. The van der Waals surface area contributed by atoms with Gasteiger partial charge in [0, 0.05) is 12.9 Å². The Morgan fingerprint density at radius 1 is 1.46 bits per heavy atom. The molecule has 1 aromatic carbocycles. The second kappa shape index (κ2) is 4.18. The number of carboxylic acids is 1. The maximum absolute atomic E-state index is 10.6. The van der Waals surface area contributed by atoms with Gasteiger partial charge in [0.2, 0.25) is 0 Å². The van der Waals surface area contributed by atoms with Crippen molar-refractivity contribution in [3.8, 4) is 5.75 Å². The first-order chi connectivity index (χ1) is 6.15. The van der Waals surface area contributed by atoms with E-state index in [-0.39, 0.29) is 0 Å². The average Bonchev–Trinajstić information content (AvgIpc) is 2.17. The van der Waals surface area contributed by atoms with Crippen molar-refractivity contribution in [1.82, 2.24) is 0 Å². The highest BCUT2D eigenvalue weighted by Crippen LogP contribution is 2.19. The Labute approximate surface area is 82.0 Å². The number of thiol groups is 1. The van der Waals surface area contributed by atoms with E-state index in [1.807, 2.05) is 0 Å². The van der Waals surface area contributed by atoms with Gasteiger partial charge in [-0.2, -0.15) is 0 Å². The number of benzene rings is 1. The zero-order valence-corrected chi connectivity index (χ0v) is 7.99. The Hall–Kier alpha value is -1.16. The first kappa shape index (κ1) is 9.92. The first-order valence-corrected chi connectivity index (χ1v) is 4.16. The highest BCUT2D eigenvalue weighted by atomic mass is 32.1. The summed E-state index contributed by atoms with van der Waals surface area (Å²) in [6, 6.07) is 6.79. The molecule has 0 radical (unpaired) electrons. The fraction of sp³-hybridized carbons (Fsp3) is 0.222. The lowest BCUT2D eigenvalue weighted by Gasteiger charge is -2.06. The van der Waals surface area contributed by atoms with E-state index in [0.717, 1.165) is 5.56 Å². The van der Waals surface area contributed by atoms with Gasteiger partial charge in [0.15, 0.2) is 0 Å². The van der Waals surface area contributed by atoms with E-state index in [0.29, 0.717) is 5.75 Å². The lowest BCUT2D eigenvalue weighted by Crippen LogP contribution is -2.06. The number of aliphatic carboxylic acids is 1. The lowest BCUT2D eigenvalue weighted by molar-refractivity contribution is -0.138. The number of hydrogen-bond acceptors (Lipinski definition) is 3. The molecule has 1 aromatic rings. The minimum atomic E-state index is -0.834. The zero-order chi connectivity index (χ0) is 9.84. The molecule has 13 heavy (non-hydrogen) atoms. The molecule has 0 saturated heterocycles. The molecule has 0 fully saturated rings. The van der Waals surface area contributed by atoms with Crippen molar-refractivity contribution in [1.29, 1.82) is 0 Å². The van der Waals surface area contributed by atoms with E-state index >= 15 is 0 Å². The van der Waals surface area contributed by atoms with Gasteiger partial charge in [0.05, 0.1) is 5.92 Å². The summed E-state index contributed by atoms with van der Waals surface area (Å²) in [6.07, 6.45) is 0. The van der Waals surface area contributed by atoms with Gasteiger partial charge in [-0.25, -0.2) is 0 Å². The molecule has 0 aliphatic rings. The fourth-order valence-corrected chi connectivity index (χ4v) is 1.08. The van der Waals surface area contributed by atoms with E-state index in [4.69, 9.17) is 5.11 Å². The second-order valence-electron chi connectivity index (χ2n) is 2.72. The van der Waals surface area contributed by atoms with Gasteiger partial charge in [-0.3, -0.25) is 4.79 Å². The maximum Gasteiger partial charge on any atom is 0.310 e. The predicted octanol–water partition coefficient (Wildman–Crippen LogP) is 2.10. The van der Waals surface area contributed by atoms with Crippen LogP contribution < -0.4 is 4.18 Å². The average molecular weight is 198 g/mol. The third-order valence-corrected chi connectivity index (χ3v) is 2.07. The van der Waals surface area contributed by atoms with E-state index in [1.54, 1.807) is 31.2 Å². The normalized spacial score (nSPS) is 12.2. The summed E-state index contributed by atoms with van der Waals surface area (Å²) >= 11 is 3.62. The maximum atomic E-state index is 10.6. The predicted molar refractivity (Wildman–Crippen MR) is 52.1 cm³/mol. The first-order valence-electron chi connectivity index (χ1n) is 3.79. The van der Waals surface area contributed by atoms with Gasteiger partial charge in [-0.1, -0.05) is 12.1 Å². The molecule has 0 aliphatic heterocycles. The quantitative estimate of drug-likeness (QED) is 0.577. The summed E-state index contributed by atoms with van der Waals surface area (Å²) in [5.41, 5.74) is 0.752. The molecular formula is C9H10O3S. The molecule has 1 rings (SSSR count). The SMILES string of the molecule is CC(C(=O)O)c1ccc(OS)cc1. The summed E-state index contributed by atoms with van der Waals surface area (Å²) in [7, 11) is 0. The van der Waals surface area contributed by atoms with E-state index in [2.05, 4.69) is 17.1 Å². The fourth-order valence-electron chi connectivity index (χ4n) is 0.960. The Kier molecular flexibility index (Phi) is 3.19. The summed E-state index contributed by atoms with van der Waals surface area (Å²) in [5.74, 6) is -0.724. The molecule has 1 N–H and O–H groups in total. The minimum Gasteiger partial charge on any atom is -0.481 e. The molecule has 0 heterocycles. The van der Waals surface area contributed by atoms with Crippen LogP contribution in [0.5, 0.6) is 5.75 Å². The molecule has 0 saturated carbocycles. The molecule has 3 nitrogen and oxygen atoms in total. The van der Waals surface area contributed by atoms with Crippen molar-refractivity contribution in [3.05, 3.63) is 29.8 Å². The summed E-state index contributed by atoms with van der Waals surface area (Å²) in [6.45, 7) is 1.64. The molecule has 0 bridgehead atoms. The van der Waals surface area contributed by atoms with Crippen molar-refractivity contribution in [3.63, 3.8) is 0 Å². The number of rotatable bonds is 3. The Morgan fingerprint density at radius 2 is 2.00 bits per heavy atom. The van der Waals surface area contributed by atoms with Crippen molar-refractivity contribution in [2.75, 3.05) is 0 Å².